The van der Waals surface area contributed by atoms with Gasteiger partial charge in [-0.2, -0.15) is 0 Å². The minimum Gasteiger partial charge on any atom is -0.388 e. The molecule has 0 aliphatic heterocycles. The fraction of sp³-hybridized carbons (Fsp3) is 0.200. The van der Waals surface area contributed by atoms with E-state index >= 15 is 0 Å². The lowest BCUT2D eigenvalue weighted by atomic mass is 9.89. The van der Waals surface area contributed by atoms with Crippen LogP contribution in [0.1, 0.15) is 23.1 Å². The van der Waals surface area contributed by atoms with Gasteiger partial charge in [-0.25, -0.2) is 0 Å². The van der Waals surface area contributed by atoms with Crippen LogP contribution in [0.25, 0.3) is 0 Å². The van der Waals surface area contributed by atoms with Gasteiger partial charge >= 0.3 is 0 Å². The molecule has 0 amide bonds. The van der Waals surface area contributed by atoms with E-state index in [-0.39, 0.29) is 5.92 Å². The number of benzene rings is 2. The minimum absolute atomic E-state index is 0.121. The molecule has 2 unspecified atom stereocenters. The van der Waals surface area contributed by atoms with Crippen LogP contribution in [0.2, 0.25) is 5.02 Å². The van der Waals surface area contributed by atoms with Crippen LogP contribution in [0.5, 0.6) is 0 Å². The van der Waals surface area contributed by atoms with Gasteiger partial charge < -0.3 is 10.8 Å². The highest BCUT2D eigenvalue weighted by Crippen LogP contribution is 2.30. The first-order valence-corrected chi connectivity index (χ1v) is 6.28. The molecule has 2 aromatic rings. The van der Waals surface area contributed by atoms with Crippen LogP contribution in [0.15, 0.2) is 54.6 Å². The lowest BCUT2D eigenvalue weighted by Crippen LogP contribution is -2.20. The summed E-state index contributed by atoms with van der Waals surface area (Å²) in [5, 5.41) is 11.0. The molecule has 3 N–H and O–H groups in total. The Kier molecular flexibility index (Phi) is 4.37. The van der Waals surface area contributed by atoms with Gasteiger partial charge in [0.15, 0.2) is 0 Å². The summed E-state index contributed by atoms with van der Waals surface area (Å²) in [6.45, 7) is 0.387. The first-order chi connectivity index (χ1) is 8.72. The van der Waals surface area contributed by atoms with Crippen LogP contribution in [0.4, 0.5) is 0 Å². The molecule has 2 rings (SSSR count). The maximum Gasteiger partial charge on any atom is 0.0871 e. The molecule has 18 heavy (non-hydrogen) atoms. The number of hydrogen-bond acceptors (Lipinski definition) is 2. The summed E-state index contributed by atoms with van der Waals surface area (Å²) < 4.78 is 0. The molecule has 94 valence electrons. The smallest absolute Gasteiger partial charge is 0.0871 e. The van der Waals surface area contributed by atoms with Gasteiger partial charge in [0.1, 0.15) is 0 Å². The zero-order valence-corrected chi connectivity index (χ0v) is 10.7. The van der Waals surface area contributed by atoms with Crippen LogP contribution >= 0.6 is 11.6 Å². The molecule has 0 heterocycles. The molecule has 2 nitrogen and oxygen atoms in total. The van der Waals surface area contributed by atoms with E-state index in [2.05, 4.69) is 0 Å². The van der Waals surface area contributed by atoms with Gasteiger partial charge in [-0.15, -0.1) is 0 Å². The number of rotatable bonds is 4. The van der Waals surface area contributed by atoms with E-state index in [0.717, 1.165) is 11.1 Å². The molecule has 0 fully saturated rings. The van der Waals surface area contributed by atoms with Crippen molar-refractivity contribution in [2.45, 2.75) is 12.0 Å². The molecule has 0 bridgehead atoms. The molecule has 0 aliphatic rings. The highest BCUT2D eigenvalue weighted by Gasteiger charge is 2.21. The van der Waals surface area contributed by atoms with Gasteiger partial charge in [0.2, 0.25) is 0 Å². The van der Waals surface area contributed by atoms with Crippen LogP contribution < -0.4 is 5.73 Å². The SMILES string of the molecule is NCC(c1ccccc1)C(O)c1cccc(Cl)c1. The first-order valence-electron chi connectivity index (χ1n) is 5.91. The van der Waals surface area contributed by atoms with Crippen LogP contribution in [0, 0.1) is 0 Å². The van der Waals surface area contributed by atoms with Gasteiger partial charge in [0.05, 0.1) is 6.10 Å². The minimum atomic E-state index is -0.643. The summed E-state index contributed by atoms with van der Waals surface area (Å²) >= 11 is 5.94. The van der Waals surface area contributed by atoms with Crippen molar-refractivity contribution in [3.05, 3.63) is 70.7 Å². The van der Waals surface area contributed by atoms with E-state index in [1.807, 2.05) is 42.5 Å². The second-order valence-electron chi connectivity index (χ2n) is 4.25. The van der Waals surface area contributed by atoms with Gasteiger partial charge in [0.25, 0.3) is 0 Å². The van der Waals surface area contributed by atoms with Gasteiger partial charge in [0, 0.05) is 17.5 Å². The van der Waals surface area contributed by atoms with Crippen molar-refractivity contribution >= 4 is 11.6 Å². The molecule has 0 saturated carbocycles. The number of hydrogen-bond donors (Lipinski definition) is 2. The highest BCUT2D eigenvalue weighted by atomic mass is 35.5. The molecular weight excluding hydrogens is 246 g/mol. The van der Waals surface area contributed by atoms with Crippen molar-refractivity contribution in [2.24, 2.45) is 5.73 Å². The van der Waals surface area contributed by atoms with E-state index in [4.69, 9.17) is 17.3 Å². The van der Waals surface area contributed by atoms with E-state index in [1.54, 1.807) is 12.1 Å². The third-order valence-electron chi connectivity index (χ3n) is 3.05. The normalized spacial score (nSPS) is 14.2. The Hall–Kier alpha value is -1.35. The Bertz CT molecular complexity index is 501. The third kappa shape index (κ3) is 2.91. The van der Waals surface area contributed by atoms with E-state index < -0.39 is 6.10 Å². The molecule has 2 atom stereocenters. The average Bonchev–Trinajstić information content (AvgIpc) is 2.41. The molecule has 0 saturated heterocycles. The Morgan fingerprint density at radius 2 is 1.67 bits per heavy atom. The first kappa shape index (κ1) is 13.1. The number of nitrogens with two attached hydrogens (primary N) is 1. The second-order valence-corrected chi connectivity index (χ2v) is 4.69. The number of aliphatic hydroxyl groups excluding tert-OH is 1. The van der Waals surface area contributed by atoms with Crippen LogP contribution in [-0.4, -0.2) is 11.7 Å². The van der Waals surface area contributed by atoms with Crippen LogP contribution in [0.3, 0.4) is 0 Å². The molecular formula is C15H16ClNO. The van der Waals surface area contributed by atoms with E-state index in [1.165, 1.54) is 0 Å². The van der Waals surface area contributed by atoms with E-state index in [0.29, 0.717) is 11.6 Å². The maximum absolute atomic E-state index is 10.4. The maximum atomic E-state index is 10.4. The van der Waals surface area contributed by atoms with Crippen molar-refractivity contribution < 1.29 is 5.11 Å². The van der Waals surface area contributed by atoms with E-state index in [9.17, 15) is 5.11 Å². The fourth-order valence-electron chi connectivity index (χ4n) is 2.07. The molecule has 0 aliphatic carbocycles. The van der Waals surface area contributed by atoms with Crippen molar-refractivity contribution in [1.82, 2.24) is 0 Å². The predicted molar refractivity (Wildman–Crippen MR) is 74.6 cm³/mol. The predicted octanol–water partition coefficient (Wildman–Crippen LogP) is 3.12. The fourth-order valence-corrected chi connectivity index (χ4v) is 2.27. The Labute approximate surface area is 112 Å². The summed E-state index contributed by atoms with van der Waals surface area (Å²) in [4.78, 5) is 0. The Morgan fingerprint density at radius 3 is 2.28 bits per heavy atom. The highest BCUT2D eigenvalue weighted by molar-refractivity contribution is 6.30. The topological polar surface area (TPSA) is 46.2 Å². The Morgan fingerprint density at radius 1 is 1.00 bits per heavy atom. The standard InChI is InChI=1S/C15H16ClNO/c16-13-8-4-7-12(9-13)15(18)14(10-17)11-5-2-1-3-6-11/h1-9,14-15,18H,10,17H2. The molecule has 2 aromatic carbocycles. The average molecular weight is 262 g/mol. The van der Waals surface area contributed by atoms with Gasteiger partial charge in [-0.3, -0.25) is 0 Å². The monoisotopic (exact) mass is 261 g/mol. The van der Waals surface area contributed by atoms with Crippen molar-refractivity contribution in [2.75, 3.05) is 6.54 Å². The Balaban J connectivity index is 2.28. The summed E-state index contributed by atoms with van der Waals surface area (Å²) in [6.07, 6.45) is -0.643. The molecule has 0 aromatic heterocycles. The zero-order chi connectivity index (χ0) is 13.0. The second kappa shape index (κ2) is 6.01. The van der Waals surface area contributed by atoms with Crippen molar-refractivity contribution in [3.8, 4) is 0 Å². The summed E-state index contributed by atoms with van der Waals surface area (Å²) in [5.41, 5.74) is 7.62. The summed E-state index contributed by atoms with van der Waals surface area (Å²) in [6, 6.07) is 17.1. The third-order valence-corrected chi connectivity index (χ3v) is 3.29. The summed E-state index contributed by atoms with van der Waals surface area (Å²) in [5.74, 6) is -0.121. The van der Waals surface area contributed by atoms with Crippen molar-refractivity contribution in [1.29, 1.82) is 0 Å². The van der Waals surface area contributed by atoms with Gasteiger partial charge in [-0.1, -0.05) is 54.1 Å². The number of aliphatic hydroxyl groups is 1. The van der Waals surface area contributed by atoms with Crippen molar-refractivity contribution in [3.63, 3.8) is 0 Å². The molecule has 0 radical (unpaired) electrons. The number of halogens is 1. The molecule has 3 heteroatoms. The quantitative estimate of drug-likeness (QED) is 0.888. The summed E-state index contributed by atoms with van der Waals surface area (Å²) in [7, 11) is 0. The van der Waals surface area contributed by atoms with Crippen LogP contribution in [-0.2, 0) is 0 Å². The van der Waals surface area contributed by atoms with Gasteiger partial charge in [-0.05, 0) is 23.3 Å². The lowest BCUT2D eigenvalue weighted by Gasteiger charge is -2.22. The lowest BCUT2D eigenvalue weighted by molar-refractivity contribution is 0.147. The molecule has 0 spiro atoms. The zero-order valence-electron chi connectivity index (χ0n) is 9.96. The largest absolute Gasteiger partial charge is 0.388 e.